The van der Waals surface area contributed by atoms with Crippen molar-refractivity contribution in [2.75, 3.05) is 0 Å². The number of ether oxygens (including phenoxy) is 1. The van der Waals surface area contributed by atoms with Crippen LogP contribution in [-0.4, -0.2) is 23.1 Å². The molecule has 0 saturated heterocycles. The third kappa shape index (κ3) is 4.35. The van der Waals surface area contributed by atoms with E-state index in [4.69, 9.17) is 9.84 Å². The third-order valence-corrected chi connectivity index (χ3v) is 3.31. The number of carbonyl (C=O) groups excluding carboxylic acids is 1. The lowest BCUT2D eigenvalue weighted by Gasteiger charge is -2.30. The van der Waals surface area contributed by atoms with Gasteiger partial charge in [0.15, 0.2) is 0 Å². The minimum atomic E-state index is -1.10. The summed E-state index contributed by atoms with van der Waals surface area (Å²) in [7, 11) is 0. The van der Waals surface area contributed by atoms with Crippen LogP contribution in [-0.2, 0) is 14.3 Å². The highest BCUT2D eigenvalue weighted by atomic mass is 16.5. The summed E-state index contributed by atoms with van der Waals surface area (Å²) in [6.07, 6.45) is 7.25. The van der Waals surface area contributed by atoms with Crippen molar-refractivity contribution < 1.29 is 19.4 Å². The molecule has 0 amide bonds. The molecule has 0 radical (unpaired) electrons. The van der Waals surface area contributed by atoms with Crippen molar-refractivity contribution in [2.24, 2.45) is 5.92 Å². The quantitative estimate of drug-likeness (QED) is 0.464. The molecule has 4 heteroatoms. The summed E-state index contributed by atoms with van der Waals surface area (Å²) in [6, 6.07) is 0. The second kappa shape index (κ2) is 6.99. The van der Waals surface area contributed by atoms with Crippen molar-refractivity contribution in [3.63, 3.8) is 0 Å². The average Bonchev–Trinajstić information content (AvgIpc) is 2.36. The molecule has 0 aromatic heterocycles. The molecular formula is C14H20O4. The smallest absolute Gasteiger partial charge is 0.337 e. The molecule has 1 aliphatic carbocycles. The number of esters is 1. The largest absolute Gasteiger partial charge is 0.478 e. The maximum Gasteiger partial charge on any atom is 0.337 e. The lowest BCUT2D eigenvalue weighted by molar-refractivity contribution is -0.148. The number of carboxylic acids is 1. The van der Waals surface area contributed by atoms with E-state index < -0.39 is 11.9 Å². The van der Waals surface area contributed by atoms with Crippen LogP contribution in [0.4, 0.5) is 0 Å². The number of rotatable bonds is 5. The van der Waals surface area contributed by atoms with Crippen LogP contribution in [0.25, 0.3) is 0 Å². The van der Waals surface area contributed by atoms with Crippen molar-refractivity contribution in [2.45, 2.75) is 45.1 Å². The minimum Gasteiger partial charge on any atom is -0.478 e. The van der Waals surface area contributed by atoms with E-state index in [9.17, 15) is 9.59 Å². The molecule has 2 atom stereocenters. The molecule has 0 aromatic carbocycles. The van der Waals surface area contributed by atoms with Crippen LogP contribution in [0.2, 0.25) is 0 Å². The number of carboxylic acid groups (broad SMARTS) is 1. The predicted molar refractivity (Wildman–Crippen MR) is 68.0 cm³/mol. The Labute approximate surface area is 107 Å². The normalized spacial score (nSPS) is 23.8. The Hall–Kier alpha value is -1.58. The molecule has 2 unspecified atom stereocenters. The van der Waals surface area contributed by atoms with Gasteiger partial charge < -0.3 is 9.84 Å². The van der Waals surface area contributed by atoms with Crippen LogP contribution < -0.4 is 0 Å². The van der Waals surface area contributed by atoms with E-state index in [2.05, 4.69) is 13.5 Å². The first-order chi connectivity index (χ1) is 8.54. The molecule has 18 heavy (non-hydrogen) atoms. The number of aliphatic carboxylic acids is 1. The monoisotopic (exact) mass is 252 g/mol. The summed E-state index contributed by atoms with van der Waals surface area (Å²) in [5.41, 5.74) is 0.0813. The molecular weight excluding hydrogens is 232 g/mol. The molecule has 0 spiro atoms. The Morgan fingerprint density at radius 2 is 2.00 bits per heavy atom. The fourth-order valence-electron chi connectivity index (χ4n) is 2.25. The van der Waals surface area contributed by atoms with Gasteiger partial charge in [-0.2, -0.15) is 0 Å². The fraction of sp³-hybridized carbons (Fsp3) is 0.571. The van der Waals surface area contributed by atoms with Gasteiger partial charge in [0.2, 0.25) is 0 Å². The first-order valence-electron chi connectivity index (χ1n) is 6.35. The summed E-state index contributed by atoms with van der Waals surface area (Å²) in [4.78, 5) is 22.1. The summed E-state index contributed by atoms with van der Waals surface area (Å²) in [5, 5.41) is 8.47. The topological polar surface area (TPSA) is 63.6 Å². The predicted octanol–water partition coefficient (Wildman–Crippen LogP) is 2.70. The van der Waals surface area contributed by atoms with Gasteiger partial charge in [-0.25, -0.2) is 9.59 Å². The summed E-state index contributed by atoms with van der Waals surface area (Å²) >= 11 is 0. The van der Waals surface area contributed by atoms with Crippen LogP contribution in [0, 0.1) is 5.92 Å². The maximum atomic E-state index is 11.7. The summed E-state index contributed by atoms with van der Waals surface area (Å²) in [6.45, 7) is 5.61. The van der Waals surface area contributed by atoms with E-state index in [0.717, 1.165) is 31.8 Å². The van der Waals surface area contributed by atoms with Crippen molar-refractivity contribution in [1.29, 1.82) is 0 Å². The zero-order valence-corrected chi connectivity index (χ0v) is 10.7. The number of hydrogen-bond acceptors (Lipinski definition) is 3. The third-order valence-electron chi connectivity index (χ3n) is 3.31. The SMILES string of the molecule is C=C(C=CC(=O)O)C(=O)OC1CCCCC1CC. The molecule has 0 aromatic rings. The Morgan fingerprint density at radius 1 is 1.33 bits per heavy atom. The van der Waals surface area contributed by atoms with E-state index in [1.807, 2.05) is 0 Å². The van der Waals surface area contributed by atoms with Gasteiger partial charge in [-0.1, -0.05) is 19.9 Å². The molecule has 1 aliphatic rings. The molecule has 4 nitrogen and oxygen atoms in total. The first kappa shape index (κ1) is 14.5. The van der Waals surface area contributed by atoms with Gasteiger partial charge >= 0.3 is 11.9 Å². The minimum absolute atomic E-state index is 0.0498. The zero-order valence-electron chi connectivity index (χ0n) is 10.7. The molecule has 100 valence electrons. The van der Waals surface area contributed by atoms with E-state index in [1.54, 1.807) is 0 Å². The van der Waals surface area contributed by atoms with Gasteiger partial charge in [-0.3, -0.25) is 0 Å². The Bertz CT molecular complexity index is 357. The van der Waals surface area contributed by atoms with Gasteiger partial charge in [0, 0.05) is 6.08 Å². The van der Waals surface area contributed by atoms with E-state index in [0.29, 0.717) is 5.92 Å². The molecule has 1 N–H and O–H groups in total. The molecule has 1 saturated carbocycles. The Balaban J connectivity index is 2.52. The highest BCUT2D eigenvalue weighted by molar-refractivity contribution is 5.93. The standard InChI is InChI=1S/C14H20O4/c1-3-11-6-4-5-7-12(11)18-14(17)10(2)8-9-13(15)16/h8-9,11-12H,2-7H2,1H3,(H,15,16). The van der Waals surface area contributed by atoms with Gasteiger partial charge in [0.25, 0.3) is 0 Å². The van der Waals surface area contributed by atoms with Crippen LogP contribution in [0.15, 0.2) is 24.3 Å². The fourth-order valence-corrected chi connectivity index (χ4v) is 2.25. The molecule has 1 rings (SSSR count). The van der Waals surface area contributed by atoms with Crippen molar-refractivity contribution in [3.05, 3.63) is 24.3 Å². The molecule has 0 aliphatic heterocycles. The van der Waals surface area contributed by atoms with Gasteiger partial charge in [0.1, 0.15) is 6.10 Å². The van der Waals surface area contributed by atoms with Crippen LogP contribution in [0.3, 0.4) is 0 Å². The molecule has 0 bridgehead atoms. The average molecular weight is 252 g/mol. The van der Waals surface area contributed by atoms with Crippen LogP contribution in [0.5, 0.6) is 0 Å². The maximum absolute atomic E-state index is 11.7. The van der Waals surface area contributed by atoms with Gasteiger partial charge in [0.05, 0.1) is 5.57 Å². The molecule has 1 fully saturated rings. The molecule has 0 heterocycles. The number of hydrogen-bond donors (Lipinski definition) is 1. The second-order valence-corrected chi connectivity index (χ2v) is 4.59. The van der Waals surface area contributed by atoms with Crippen LogP contribution >= 0.6 is 0 Å². The van der Waals surface area contributed by atoms with Gasteiger partial charge in [-0.05, 0) is 37.7 Å². The zero-order chi connectivity index (χ0) is 13.5. The van der Waals surface area contributed by atoms with Gasteiger partial charge in [-0.15, -0.1) is 0 Å². The summed E-state index contributed by atoms with van der Waals surface area (Å²) in [5.74, 6) is -1.20. The van der Waals surface area contributed by atoms with E-state index >= 15 is 0 Å². The van der Waals surface area contributed by atoms with Crippen LogP contribution in [0.1, 0.15) is 39.0 Å². The van der Waals surface area contributed by atoms with Crippen molar-refractivity contribution >= 4 is 11.9 Å². The van der Waals surface area contributed by atoms with Crippen molar-refractivity contribution in [3.8, 4) is 0 Å². The van der Waals surface area contributed by atoms with E-state index in [-0.39, 0.29) is 11.7 Å². The first-order valence-corrected chi connectivity index (χ1v) is 6.35. The summed E-state index contributed by atoms with van der Waals surface area (Å²) < 4.78 is 5.41. The van der Waals surface area contributed by atoms with E-state index in [1.165, 1.54) is 12.5 Å². The number of carbonyl (C=O) groups is 2. The highest BCUT2D eigenvalue weighted by Crippen LogP contribution is 2.29. The second-order valence-electron chi connectivity index (χ2n) is 4.59. The Kier molecular flexibility index (Phi) is 5.62. The lowest BCUT2D eigenvalue weighted by Crippen LogP contribution is -2.30. The lowest BCUT2D eigenvalue weighted by atomic mass is 9.85. The highest BCUT2D eigenvalue weighted by Gasteiger charge is 2.27. The Morgan fingerprint density at radius 3 is 2.61 bits per heavy atom. The van der Waals surface area contributed by atoms with Crippen molar-refractivity contribution in [1.82, 2.24) is 0 Å².